The molecule has 3 aromatic heterocycles. The van der Waals surface area contributed by atoms with Gasteiger partial charge in [0, 0.05) is 55.0 Å². The maximum absolute atomic E-state index is 5.22. The molecule has 0 amide bonds. The number of fused-ring (bicyclic) bond motifs is 8. The molecule has 0 aliphatic heterocycles. The molecule has 252 valence electrons. The van der Waals surface area contributed by atoms with E-state index in [0.29, 0.717) is 17.5 Å². The molecule has 0 bridgehead atoms. The minimum absolute atomic E-state index is 0.620. The molecule has 54 heavy (non-hydrogen) atoms. The molecule has 0 spiro atoms. The molecule has 3 heterocycles. The van der Waals surface area contributed by atoms with Crippen molar-refractivity contribution in [1.82, 2.24) is 24.1 Å². The van der Waals surface area contributed by atoms with Gasteiger partial charge in [-0.25, -0.2) is 15.0 Å². The summed E-state index contributed by atoms with van der Waals surface area (Å²) in [4.78, 5) is 15.5. The molecule has 0 atom stereocenters. The Morgan fingerprint density at radius 2 is 0.815 bits per heavy atom. The Morgan fingerprint density at radius 1 is 0.296 bits per heavy atom. The van der Waals surface area contributed by atoms with E-state index >= 15 is 0 Å². The van der Waals surface area contributed by atoms with Gasteiger partial charge in [0.15, 0.2) is 17.5 Å². The molecule has 0 aliphatic rings. The van der Waals surface area contributed by atoms with Crippen LogP contribution >= 0.6 is 0 Å². The minimum atomic E-state index is 0.620. The molecule has 11 aromatic rings. The van der Waals surface area contributed by atoms with Crippen molar-refractivity contribution in [3.05, 3.63) is 188 Å². The number of aromatic nitrogens is 5. The third-order valence-electron chi connectivity index (χ3n) is 10.5. The van der Waals surface area contributed by atoms with Crippen LogP contribution in [0.4, 0.5) is 0 Å². The predicted molar refractivity (Wildman–Crippen MR) is 222 cm³/mol. The van der Waals surface area contributed by atoms with Crippen LogP contribution in [0.15, 0.2) is 188 Å². The van der Waals surface area contributed by atoms with E-state index in [1.807, 2.05) is 18.2 Å². The second-order valence-corrected chi connectivity index (χ2v) is 13.7. The first-order valence-electron chi connectivity index (χ1n) is 18.2. The van der Waals surface area contributed by atoms with E-state index in [0.717, 1.165) is 44.6 Å². The number of hydrogen-bond donors (Lipinski definition) is 0. The number of benzene rings is 8. The van der Waals surface area contributed by atoms with Crippen LogP contribution in [0.25, 0.3) is 99.9 Å². The molecule has 0 unspecified atom stereocenters. The highest BCUT2D eigenvalue weighted by molar-refractivity contribution is 6.18. The summed E-state index contributed by atoms with van der Waals surface area (Å²) in [5, 5.41) is 7.27. The van der Waals surface area contributed by atoms with E-state index < -0.39 is 0 Å². The van der Waals surface area contributed by atoms with Crippen LogP contribution < -0.4 is 0 Å². The van der Waals surface area contributed by atoms with Crippen LogP contribution in [-0.4, -0.2) is 24.1 Å². The van der Waals surface area contributed by atoms with Gasteiger partial charge in [0.1, 0.15) is 0 Å². The first kappa shape index (κ1) is 30.3. The Balaban J connectivity index is 1.13. The van der Waals surface area contributed by atoms with Crippen LogP contribution in [0.2, 0.25) is 0 Å². The number of nitrogens with zero attached hydrogens (tertiary/aromatic N) is 5. The van der Waals surface area contributed by atoms with Crippen molar-refractivity contribution >= 4 is 54.4 Å². The van der Waals surface area contributed by atoms with Gasteiger partial charge in [0.25, 0.3) is 0 Å². The van der Waals surface area contributed by atoms with Gasteiger partial charge in [-0.2, -0.15) is 0 Å². The van der Waals surface area contributed by atoms with Crippen molar-refractivity contribution in [3.8, 4) is 45.5 Å². The number of hydrogen-bond acceptors (Lipinski definition) is 3. The quantitative estimate of drug-likeness (QED) is 0.181. The summed E-state index contributed by atoms with van der Waals surface area (Å²) in [6.07, 6.45) is 0. The summed E-state index contributed by atoms with van der Waals surface area (Å²) in [7, 11) is 0. The standard InChI is InChI=1S/C49H31N5/c1-3-15-33(16-4-1)47-50-48(52-49(51-47)35-27-28-41-39-22-9-11-24-43(39)53(45(41)31-35)36-18-5-2-6-19-36)34-17-13-20-37(30-34)54-44-25-12-10-23-40(44)42-29-26-32-14-7-8-21-38(32)46(42)54/h1-31H. The molecule has 0 aliphatic carbocycles. The van der Waals surface area contributed by atoms with Crippen molar-refractivity contribution in [3.63, 3.8) is 0 Å². The van der Waals surface area contributed by atoms with Crippen molar-refractivity contribution in [2.75, 3.05) is 0 Å². The zero-order valence-corrected chi connectivity index (χ0v) is 29.1. The van der Waals surface area contributed by atoms with Crippen LogP contribution in [0.1, 0.15) is 0 Å². The summed E-state index contributed by atoms with van der Waals surface area (Å²) >= 11 is 0. The second kappa shape index (κ2) is 12.1. The van der Waals surface area contributed by atoms with Crippen LogP contribution in [0.5, 0.6) is 0 Å². The summed E-state index contributed by atoms with van der Waals surface area (Å²) in [6.45, 7) is 0. The number of rotatable bonds is 5. The third kappa shape index (κ3) is 4.76. The maximum Gasteiger partial charge on any atom is 0.164 e. The van der Waals surface area contributed by atoms with Gasteiger partial charge >= 0.3 is 0 Å². The molecular weight excluding hydrogens is 659 g/mol. The summed E-state index contributed by atoms with van der Waals surface area (Å²) in [6, 6.07) is 66.2. The Kier molecular flexibility index (Phi) is 6.79. The fourth-order valence-electron chi connectivity index (χ4n) is 8.10. The average Bonchev–Trinajstić information content (AvgIpc) is 3.77. The molecule has 0 radical (unpaired) electrons. The lowest BCUT2D eigenvalue weighted by Gasteiger charge is -2.13. The molecule has 0 saturated heterocycles. The molecule has 0 saturated carbocycles. The van der Waals surface area contributed by atoms with Crippen molar-refractivity contribution in [2.45, 2.75) is 0 Å². The highest BCUT2D eigenvalue weighted by atomic mass is 15.0. The van der Waals surface area contributed by atoms with Crippen LogP contribution in [-0.2, 0) is 0 Å². The van der Waals surface area contributed by atoms with Crippen molar-refractivity contribution < 1.29 is 0 Å². The van der Waals surface area contributed by atoms with Crippen molar-refractivity contribution in [2.24, 2.45) is 0 Å². The fraction of sp³-hybridized carbons (Fsp3) is 0. The van der Waals surface area contributed by atoms with E-state index in [2.05, 4.69) is 179 Å². The lowest BCUT2D eigenvalue weighted by Crippen LogP contribution is -2.01. The molecular formula is C49H31N5. The monoisotopic (exact) mass is 689 g/mol. The van der Waals surface area contributed by atoms with E-state index in [1.54, 1.807) is 0 Å². The normalized spacial score (nSPS) is 11.7. The highest BCUT2D eigenvalue weighted by Crippen LogP contribution is 2.38. The van der Waals surface area contributed by atoms with Gasteiger partial charge in [0.2, 0.25) is 0 Å². The summed E-state index contributed by atoms with van der Waals surface area (Å²) < 4.78 is 4.71. The third-order valence-corrected chi connectivity index (χ3v) is 10.5. The SMILES string of the molecule is c1ccc(-c2nc(-c3cccc(-n4c5ccccc5c5ccc6ccccc6c54)c3)nc(-c3ccc4c5ccccc5n(-c5ccccc5)c4c3)n2)cc1. The average molecular weight is 690 g/mol. The summed E-state index contributed by atoms with van der Waals surface area (Å²) in [5.41, 5.74) is 9.54. The lowest BCUT2D eigenvalue weighted by molar-refractivity contribution is 1.07. The zero-order valence-electron chi connectivity index (χ0n) is 29.1. The Morgan fingerprint density at radius 3 is 1.57 bits per heavy atom. The molecule has 0 N–H and O–H groups in total. The van der Waals surface area contributed by atoms with E-state index in [1.165, 1.54) is 37.8 Å². The topological polar surface area (TPSA) is 48.5 Å². The van der Waals surface area contributed by atoms with Gasteiger partial charge in [-0.05, 0) is 47.9 Å². The molecule has 0 fully saturated rings. The highest BCUT2D eigenvalue weighted by Gasteiger charge is 2.19. The van der Waals surface area contributed by atoms with E-state index in [-0.39, 0.29) is 0 Å². The lowest BCUT2D eigenvalue weighted by atomic mass is 10.1. The van der Waals surface area contributed by atoms with Crippen molar-refractivity contribution in [1.29, 1.82) is 0 Å². The van der Waals surface area contributed by atoms with E-state index in [9.17, 15) is 0 Å². The van der Waals surface area contributed by atoms with Gasteiger partial charge in [-0.3, -0.25) is 0 Å². The zero-order chi connectivity index (χ0) is 35.6. The molecule has 5 nitrogen and oxygen atoms in total. The largest absolute Gasteiger partial charge is 0.309 e. The van der Waals surface area contributed by atoms with Crippen LogP contribution in [0, 0.1) is 0 Å². The fourth-order valence-corrected chi connectivity index (χ4v) is 8.10. The molecule has 8 aromatic carbocycles. The van der Waals surface area contributed by atoms with Crippen LogP contribution in [0.3, 0.4) is 0 Å². The number of para-hydroxylation sites is 3. The van der Waals surface area contributed by atoms with Gasteiger partial charge < -0.3 is 9.13 Å². The minimum Gasteiger partial charge on any atom is -0.309 e. The second-order valence-electron chi connectivity index (χ2n) is 13.7. The Bertz CT molecular complexity index is 3210. The maximum atomic E-state index is 5.22. The predicted octanol–water partition coefficient (Wildman–Crippen LogP) is 12.2. The Hall–Kier alpha value is -7.37. The molecule has 5 heteroatoms. The smallest absolute Gasteiger partial charge is 0.164 e. The molecule has 11 rings (SSSR count). The Labute approximate surface area is 311 Å². The van der Waals surface area contributed by atoms with Gasteiger partial charge in [-0.1, -0.05) is 146 Å². The van der Waals surface area contributed by atoms with Gasteiger partial charge in [0.05, 0.1) is 22.1 Å². The van der Waals surface area contributed by atoms with Gasteiger partial charge in [-0.15, -0.1) is 0 Å². The first-order chi connectivity index (χ1) is 26.8. The van der Waals surface area contributed by atoms with E-state index in [4.69, 9.17) is 15.0 Å². The first-order valence-corrected chi connectivity index (χ1v) is 18.2. The summed E-state index contributed by atoms with van der Waals surface area (Å²) in [5.74, 6) is 1.88.